The number of hydrogen-bond acceptors (Lipinski definition) is 0. The van der Waals surface area contributed by atoms with Gasteiger partial charge in [-0.3, -0.25) is 4.39 Å². The van der Waals surface area contributed by atoms with Crippen LogP contribution in [-0.2, 0) is 12.8 Å². The maximum Gasteiger partial charge on any atom is 0.0928 e. The van der Waals surface area contributed by atoms with Crippen LogP contribution in [0.2, 0.25) is 0 Å². The highest BCUT2D eigenvalue weighted by atomic mass is 19.1. The summed E-state index contributed by atoms with van der Waals surface area (Å²) in [5, 5.41) is 0. The predicted molar refractivity (Wildman–Crippen MR) is 115 cm³/mol. The van der Waals surface area contributed by atoms with Crippen LogP contribution in [0.4, 0.5) is 4.39 Å². The molecule has 0 bridgehead atoms. The molecule has 0 nitrogen and oxygen atoms in total. The van der Waals surface area contributed by atoms with Crippen LogP contribution in [0.3, 0.4) is 0 Å². The number of alkyl halides is 1. The van der Waals surface area contributed by atoms with Crippen molar-refractivity contribution in [3.63, 3.8) is 0 Å². The van der Waals surface area contributed by atoms with Crippen molar-refractivity contribution in [3.8, 4) is 11.1 Å². The molecule has 1 fully saturated rings. The molecule has 0 amide bonds. The first-order valence-corrected chi connectivity index (χ1v) is 10.7. The topological polar surface area (TPSA) is 0 Å². The quantitative estimate of drug-likeness (QED) is 0.424. The predicted octanol–water partition coefficient (Wildman–Crippen LogP) is 7.57. The molecule has 3 rings (SSSR count). The van der Waals surface area contributed by atoms with Gasteiger partial charge < -0.3 is 0 Å². The Bertz CT molecular complexity index is 688. The minimum Gasteiger partial charge on any atom is -0.251 e. The van der Waals surface area contributed by atoms with Gasteiger partial charge in [0.05, 0.1) is 6.67 Å². The lowest BCUT2D eigenvalue weighted by atomic mass is 9.79. The Labute approximate surface area is 164 Å². The lowest BCUT2D eigenvalue weighted by molar-refractivity contribution is 0.296. The second kappa shape index (κ2) is 10.4. The summed E-state index contributed by atoms with van der Waals surface area (Å²) in [6, 6.07) is 18.1. The molecule has 0 aromatic heterocycles. The largest absolute Gasteiger partial charge is 0.251 e. The van der Waals surface area contributed by atoms with Crippen molar-refractivity contribution in [2.45, 2.75) is 58.3 Å². The summed E-state index contributed by atoms with van der Waals surface area (Å²) in [5.74, 6) is 1.54. The third kappa shape index (κ3) is 6.06. The molecule has 2 aromatic carbocycles. The molecule has 0 atom stereocenters. The Kier molecular flexibility index (Phi) is 7.68. The van der Waals surface area contributed by atoms with E-state index in [-0.39, 0.29) is 6.67 Å². The van der Waals surface area contributed by atoms with E-state index in [0.717, 1.165) is 12.3 Å². The highest BCUT2D eigenvalue weighted by Gasteiger charge is 2.19. The van der Waals surface area contributed by atoms with Crippen molar-refractivity contribution in [2.24, 2.45) is 11.8 Å². The van der Waals surface area contributed by atoms with Gasteiger partial charge in [0.25, 0.3) is 0 Å². The monoisotopic (exact) mass is 364 g/mol. The zero-order valence-electron chi connectivity index (χ0n) is 16.7. The fourth-order valence-electron chi connectivity index (χ4n) is 4.19. The molecule has 0 aliphatic heterocycles. The third-order valence-corrected chi connectivity index (χ3v) is 6.07. The molecule has 1 saturated carbocycles. The van der Waals surface area contributed by atoms with Crippen LogP contribution in [-0.4, -0.2) is 6.67 Å². The normalized spacial score (nSPS) is 20.2. The first-order valence-electron chi connectivity index (χ1n) is 10.7. The van der Waals surface area contributed by atoms with Crippen molar-refractivity contribution >= 4 is 0 Å². The molecule has 2 aromatic rings. The number of allylic oxidation sites excluding steroid dienone is 2. The SMILES string of the molecule is CCc1ccc(-c2ccc(CCC3CCC(C=CCCF)CC3)cc2)cc1. The van der Waals surface area contributed by atoms with Gasteiger partial charge >= 0.3 is 0 Å². The smallest absolute Gasteiger partial charge is 0.0928 e. The van der Waals surface area contributed by atoms with Crippen LogP contribution in [0.1, 0.15) is 56.6 Å². The van der Waals surface area contributed by atoms with Gasteiger partial charge in [-0.05, 0) is 85.5 Å². The van der Waals surface area contributed by atoms with Gasteiger partial charge in [0, 0.05) is 0 Å². The highest BCUT2D eigenvalue weighted by molar-refractivity contribution is 5.63. The van der Waals surface area contributed by atoms with Gasteiger partial charge in [-0.2, -0.15) is 0 Å². The fraction of sp³-hybridized carbons (Fsp3) is 0.462. The number of halogens is 1. The summed E-state index contributed by atoms with van der Waals surface area (Å²) in [5.41, 5.74) is 5.46. The van der Waals surface area contributed by atoms with Crippen molar-refractivity contribution in [2.75, 3.05) is 6.67 Å². The van der Waals surface area contributed by atoms with Crippen LogP contribution in [0.5, 0.6) is 0 Å². The van der Waals surface area contributed by atoms with Gasteiger partial charge in [-0.1, -0.05) is 67.6 Å². The third-order valence-electron chi connectivity index (χ3n) is 6.07. The molecule has 0 heterocycles. The van der Waals surface area contributed by atoms with E-state index >= 15 is 0 Å². The standard InChI is InChI=1S/C26H33F/c1-2-21-12-16-25(17-13-21)26-18-14-24(15-19-26)11-10-23-8-6-22(7-9-23)5-3-4-20-27/h3,5,12-19,22-23H,2,4,6-11,20H2,1H3. The van der Waals surface area contributed by atoms with E-state index < -0.39 is 0 Å². The van der Waals surface area contributed by atoms with E-state index in [1.807, 2.05) is 6.08 Å². The van der Waals surface area contributed by atoms with Gasteiger partial charge in [-0.15, -0.1) is 0 Å². The van der Waals surface area contributed by atoms with Gasteiger partial charge in [-0.25, -0.2) is 0 Å². The lowest BCUT2D eigenvalue weighted by Crippen LogP contribution is -2.13. The second-order valence-electron chi connectivity index (χ2n) is 7.97. The van der Waals surface area contributed by atoms with Gasteiger partial charge in [0.15, 0.2) is 0 Å². The molecular formula is C26H33F. The minimum atomic E-state index is -0.227. The summed E-state index contributed by atoms with van der Waals surface area (Å²) >= 11 is 0. The first kappa shape index (κ1) is 19.9. The minimum absolute atomic E-state index is 0.227. The van der Waals surface area contributed by atoms with E-state index in [0.29, 0.717) is 12.3 Å². The number of rotatable bonds is 8. The molecule has 0 unspecified atom stereocenters. The van der Waals surface area contributed by atoms with E-state index in [1.165, 1.54) is 60.8 Å². The molecule has 1 aliphatic carbocycles. The molecule has 144 valence electrons. The summed E-state index contributed by atoms with van der Waals surface area (Å²) < 4.78 is 12.2. The summed E-state index contributed by atoms with van der Waals surface area (Å²) in [6.07, 6.45) is 13.6. The maximum atomic E-state index is 12.2. The average Bonchev–Trinajstić information content (AvgIpc) is 2.74. The summed E-state index contributed by atoms with van der Waals surface area (Å²) in [6.45, 7) is 1.97. The molecule has 0 saturated heterocycles. The van der Waals surface area contributed by atoms with Crippen molar-refractivity contribution in [3.05, 3.63) is 71.8 Å². The van der Waals surface area contributed by atoms with E-state index in [2.05, 4.69) is 61.5 Å². The van der Waals surface area contributed by atoms with Crippen LogP contribution in [0.25, 0.3) is 11.1 Å². The Balaban J connectivity index is 1.45. The van der Waals surface area contributed by atoms with Crippen LogP contribution in [0.15, 0.2) is 60.7 Å². The number of benzene rings is 2. The van der Waals surface area contributed by atoms with E-state index in [1.54, 1.807) is 0 Å². The number of hydrogen-bond donors (Lipinski definition) is 0. The van der Waals surface area contributed by atoms with E-state index in [4.69, 9.17) is 0 Å². The first-order chi connectivity index (χ1) is 13.3. The molecular weight excluding hydrogens is 331 g/mol. The zero-order valence-corrected chi connectivity index (χ0v) is 16.7. The van der Waals surface area contributed by atoms with Gasteiger partial charge in [0.1, 0.15) is 0 Å². The fourth-order valence-corrected chi connectivity index (χ4v) is 4.19. The van der Waals surface area contributed by atoms with Crippen LogP contribution in [0, 0.1) is 11.8 Å². The lowest BCUT2D eigenvalue weighted by Gasteiger charge is -2.26. The van der Waals surface area contributed by atoms with Crippen LogP contribution >= 0.6 is 0 Å². The molecule has 0 N–H and O–H groups in total. The Hall–Kier alpha value is -1.89. The molecule has 1 heteroatoms. The van der Waals surface area contributed by atoms with Crippen molar-refractivity contribution in [1.82, 2.24) is 0 Å². The molecule has 0 spiro atoms. The second-order valence-corrected chi connectivity index (χ2v) is 7.97. The van der Waals surface area contributed by atoms with Crippen LogP contribution < -0.4 is 0 Å². The Morgan fingerprint density at radius 3 is 2.00 bits per heavy atom. The average molecular weight is 365 g/mol. The number of aryl methyl sites for hydroxylation is 2. The molecule has 0 radical (unpaired) electrons. The Morgan fingerprint density at radius 1 is 0.852 bits per heavy atom. The maximum absolute atomic E-state index is 12.2. The van der Waals surface area contributed by atoms with E-state index in [9.17, 15) is 4.39 Å². The summed E-state index contributed by atoms with van der Waals surface area (Å²) in [4.78, 5) is 0. The Morgan fingerprint density at radius 2 is 1.44 bits per heavy atom. The van der Waals surface area contributed by atoms with Gasteiger partial charge in [0.2, 0.25) is 0 Å². The molecule has 27 heavy (non-hydrogen) atoms. The molecule has 1 aliphatic rings. The highest BCUT2D eigenvalue weighted by Crippen LogP contribution is 2.32. The summed E-state index contributed by atoms with van der Waals surface area (Å²) in [7, 11) is 0. The van der Waals surface area contributed by atoms with Crippen molar-refractivity contribution < 1.29 is 4.39 Å². The zero-order chi connectivity index (χ0) is 18.9. The van der Waals surface area contributed by atoms with Crippen molar-refractivity contribution in [1.29, 1.82) is 0 Å².